The number of nitro groups is 1. The van der Waals surface area contributed by atoms with Crippen LogP contribution in [-0.2, 0) is 9.53 Å². The summed E-state index contributed by atoms with van der Waals surface area (Å²) in [7, 11) is 0. The number of hydrogen-bond acceptors (Lipinski definition) is 5. The highest BCUT2D eigenvalue weighted by molar-refractivity contribution is 5.96. The number of hydrogen-bond donors (Lipinski definition) is 1. The summed E-state index contributed by atoms with van der Waals surface area (Å²) in [5, 5.41) is 13.0. The molecule has 1 fully saturated rings. The van der Waals surface area contributed by atoms with Crippen LogP contribution in [0.4, 0.5) is 5.69 Å². The zero-order valence-corrected chi connectivity index (χ0v) is 11.3. The number of rotatable bonds is 4. The lowest BCUT2D eigenvalue weighted by Crippen LogP contribution is -2.45. The van der Waals surface area contributed by atoms with E-state index >= 15 is 0 Å². The molecule has 2 rings (SSSR count). The first-order valence-electron chi connectivity index (χ1n) is 6.46. The molecular formula is C13H15N3O5. The van der Waals surface area contributed by atoms with Gasteiger partial charge in [-0.3, -0.25) is 19.7 Å². The monoisotopic (exact) mass is 293 g/mol. The van der Waals surface area contributed by atoms with Crippen LogP contribution in [0.5, 0.6) is 0 Å². The van der Waals surface area contributed by atoms with Gasteiger partial charge in [0.2, 0.25) is 5.91 Å². The van der Waals surface area contributed by atoms with Crippen molar-refractivity contribution < 1.29 is 19.2 Å². The zero-order valence-electron chi connectivity index (χ0n) is 11.3. The number of nitrogens with one attached hydrogen (secondary N) is 1. The van der Waals surface area contributed by atoms with Crippen molar-refractivity contribution in [2.45, 2.75) is 0 Å². The van der Waals surface area contributed by atoms with E-state index in [2.05, 4.69) is 5.32 Å². The van der Waals surface area contributed by atoms with Gasteiger partial charge in [-0.2, -0.15) is 0 Å². The maximum atomic E-state index is 11.8. The number of amides is 2. The number of non-ortho nitro benzene ring substituents is 1. The largest absolute Gasteiger partial charge is 0.378 e. The van der Waals surface area contributed by atoms with Crippen molar-refractivity contribution in [2.75, 3.05) is 32.8 Å². The quantitative estimate of drug-likeness (QED) is 0.630. The van der Waals surface area contributed by atoms with Gasteiger partial charge in [0.15, 0.2) is 0 Å². The molecule has 0 atom stereocenters. The molecule has 1 heterocycles. The average molecular weight is 293 g/mol. The van der Waals surface area contributed by atoms with Crippen LogP contribution in [0.1, 0.15) is 10.4 Å². The van der Waals surface area contributed by atoms with Gasteiger partial charge in [-0.25, -0.2) is 0 Å². The molecule has 1 aromatic carbocycles. The van der Waals surface area contributed by atoms with Gasteiger partial charge < -0.3 is 15.0 Å². The molecule has 1 aromatic rings. The van der Waals surface area contributed by atoms with Gasteiger partial charge in [0.25, 0.3) is 11.6 Å². The number of nitrogens with zero attached hydrogens (tertiary/aromatic N) is 2. The number of benzene rings is 1. The van der Waals surface area contributed by atoms with E-state index in [1.165, 1.54) is 24.3 Å². The van der Waals surface area contributed by atoms with Crippen LogP contribution in [0.2, 0.25) is 0 Å². The second-order valence-corrected chi connectivity index (χ2v) is 4.48. The molecule has 1 aliphatic heterocycles. The fourth-order valence-corrected chi connectivity index (χ4v) is 1.92. The fraction of sp³-hybridized carbons (Fsp3) is 0.385. The topological polar surface area (TPSA) is 102 Å². The molecule has 0 spiro atoms. The molecule has 8 nitrogen and oxygen atoms in total. The van der Waals surface area contributed by atoms with Gasteiger partial charge in [-0.05, 0) is 12.1 Å². The molecule has 0 saturated carbocycles. The maximum absolute atomic E-state index is 11.8. The van der Waals surface area contributed by atoms with Crippen LogP contribution in [-0.4, -0.2) is 54.5 Å². The highest BCUT2D eigenvalue weighted by Crippen LogP contribution is 2.11. The summed E-state index contributed by atoms with van der Waals surface area (Å²) in [6.45, 7) is 1.94. The van der Waals surface area contributed by atoms with E-state index in [9.17, 15) is 19.7 Å². The van der Waals surface area contributed by atoms with E-state index in [1.54, 1.807) is 4.90 Å². The molecule has 0 unspecified atom stereocenters. The van der Waals surface area contributed by atoms with Crippen LogP contribution < -0.4 is 5.32 Å². The summed E-state index contributed by atoms with van der Waals surface area (Å²) in [6, 6.07) is 5.21. The summed E-state index contributed by atoms with van der Waals surface area (Å²) in [5.74, 6) is -0.611. The normalized spacial score (nSPS) is 14.6. The van der Waals surface area contributed by atoms with Gasteiger partial charge in [0, 0.05) is 30.8 Å². The molecule has 0 bridgehead atoms. The van der Waals surface area contributed by atoms with Crippen molar-refractivity contribution >= 4 is 17.5 Å². The lowest BCUT2D eigenvalue weighted by Gasteiger charge is -2.26. The van der Waals surface area contributed by atoms with E-state index in [0.717, 1.165) is 0 Å². The summed E-state index contributed by atoms with van der Waals surface area (Å²) in [5.41, 5.74) is 0.186. The number of nitro benzene ring substituents is 1. The summed E-state index contributed by atoms with van der Waals surface area (Å²) >= 11 is 0. The molecule has 112 valence electrons. The molecule has 1 N–H and O–H groups in total. The maximum Gasteiger partial charge on any atom is 0.269 e. The van der Waals surface area contributed by atoms with Crippen LogP contribution in [0.25, 0.3) is 0 Å². The molecule has 1 aliphatic rings. The predicted molar refractivity (Wildman–Crippen MR) is 72.8 cm³/mol. The summed E-state index contributed by atoms with van der Waals surface area (Å²) < 4.78 is 5.14. The zero-order chi connectivity index (χ0) is 15.2. The fourth-order valence-electron chi connectivity index (χ4n) is 1.92. The van der Waals surface area contributed by atoms with Crippen LogP contribution >= 0.6 is 0 Å². The molecule has 1 saturated heterocycles. The van der Waals surface area contributed by atoms with Gasteiger partial charge in [-0.15, -0.1) is 0 Å². The molecule has 21 heavy (non-hydrogen) atoms. The van der Waals surface area contributed by atoms with Gasteiger partial charge >= 0.3 is 0 Å². The van der Waals surface area contributed by atoms with E-state index in [-0.39, 0.29) is 23.7 Å². The van der Waals surface area contributed by atoms with Crippen molar-refractivity contribution in [2.24, 2.45) is 0 Å². The molecular weight excluding hydrogens is 278 g/mol. The van der Waals surface area contributed by atoms with Crippen molar-refractivity contribution in [1.29, 1.82) is 0 Å². The van der Waals surface area contributed by atoms with Crippen LogP contribution in [0.15, 0.2) is 24.3 Å². The lowest BCUT2D eigenvalue weighted by atomic mass is 10.2. The molecule has 0 aromatic heterocycles. The summed E-state index contributed by atoms with van der Waals surface area (Å²) in [4.78, 5) is 35.3. The highest BCUT2D eigenvalue weighted by Gasteiger charge is 2.17. The Balaban J connectivity index is 1.86. The van der Waals surface area contributed by atoms with Crippen molar-refractivity contribution in [1.82, 2.24) is 10.2 Å². The van der Waals surface area contributed by atoms with Gasteiger partial charge in [-0.1, -0.05) is 0 Å². The first-order chi connectivity index (χ1) is 10.1. The Labute approximate surface area is 120 Å². The number of carbonyl (C=O) groups excluding carboxylic acids is 2. The predicted octanol–water partition coefficient (Wildman–Crippen LogP) is 0.183. The van der Waals surface area contributed by atoms with E-state index < -0.39 is 10.8 Å². The van der Waals surface area contributed by atoms with Crippen molar-refractivity contribution in [3.8, 4) is 0 Å². The molecule has 8 heteroatoms. The Morgan fingerprint density at radius 2 is 1.86 bits per heavy atom. The second-order valence-electron chi connectivity index (χ2n) is 4.48. The van der Waals surface area contributed by atoms with Crippen LogP contribution in [0.3, 0.4) is 0 Å². The van der Waals surface area contributed by atoms with E-state index in [4.69, 9.17) is 4.74 Å². The highest BCUT2D eigenvalue weighted by atomic mass is 16.6. The van der Waals surface area contributed by atoms with Gasteiger partial charge in [0.05, 0.1) is 24.7 Å². The van der Waals surface area contributed by atoms with E-state index in [1.807, 2.05) is 0 Å². The molecule has 0 radical (unpaired) electrons. The Kier molecular flexibility index (Phi) is 4.83. The van der Waals surface area contributed by atoms with Gasteiger partial charge in [0.1, 0.15) is 0 Å². The Morgan fingerprint density at radius 1 is 1.24 bits per heavy atom. The third kappa shape index (κ3) is 3.99. The minimum Gasteiger partial charge on any atom is -0.378 e. The lowest BCUT2D eigenvalue weighted by molar-refractivity contribution is -0.384. The standard InChI is InChI=1S/C13H15N3O5/c17-12(15-5-7-21-8-6-15)9-14-13(18)10-1-3-11(4-2-10)16(19)20/h1-4H,5-9H2,(H,14,18). The Hall–Kier alpha value is -2.48. The van der Waals surface area contributed by atoms with E-state index in [0.29, 0.717) is 26.3 Å². The Morgan fingerprint density at radius 3 is 2.43 bits per heavy atom. The first kappa shape index (κ1) is 14.9. The third-order valence-corrected chi connectivity index (χ3v) is 3.10. The number of ether oxygens (including phenoxy) is 1. The van der Waals surface area contributed by atoms with Crippen molar-refractivity contribution in [3.63, 3.8) is 0 Å². The molecule has 0 aliphatic carbocycles. The smallest absolute Gasteiger partial charge is 0.269 e. The van der Waals surface area contributed by atoms with Crippen LogP contribution in [0, 0.1) is 10.1 Å². The third-order valence-electron chi connectivity index (χ3n) is 3.10. The average Bonchev–Trinajstić information content (AvgIpc) is 2.53. The number of morpholine rings is 1. The number of carbonyl (C=O) groups is 2. The Bertz CT molecular complexity index is 537. The SMILES string of the molecule is O=C(NCC(=O)N1CCOCC1)c1ccc([N+](=O)[O-])cc1. The van der Waals surface area contributed by atoms with Crippen molar-refractivity contribution in [3.05, 3.63) is 39.9 Å². The minimum atomic E-state index is -0.538. The minimum absolute atomic E-state index is 0.0871. The second kappa shape index (κ2) is 6.80. The summed E-state index contributed by atoms with van der Waals surface area (Å²) in [6.07, 6.45) is 0. The first-order valence-corrected chi connectivity index (χ1v) is 6.46. The molecule has 2 amide bonds.